The lowest BCUT2D eigenvalue weighted by Gasteiger charge is -2.29. The van der Waals surface area contributed by atoms with E-state index in [0.29, 0.717) is 0 Å². The molecule has 120 valence electrons. The second kappa shape index (κ2) is 5.21. The molecule has 1 aliphatic rings. The Labute approximate surface area is 139 Å². The fourth-order valence-electron chi connectivity index (χ4n) is 4.08. The number of aromatic nitrogens is 2. The zero-order chi connectivity index (χ0) is 16.1. The number of hydrogen-bond acceptors (Lipinski definition) is 3. The molecule has 24 heavy (non-hydrogen) atoms. The SMILES string of the molecule is CC(c1cccc2ncoc12)C1NCCc2c1[nH]c1ccccc21. The summed E-state index contributed by atoms with van der Waals surface area (Å²) >= 11 is 0. The van der Waals surface area contributed by atoms with Gasteiger partial charge in [-0.15, -0.1) is 0 Å². The Morgan fingerprint density at radius 2 is 2.08 bits per heavy atom. The van der Waals surface area contributed by atoms with Crippen LogP contribution < -0.4 is 5.32 Å². The zero-order valence-electron chi connectivity index (χ0n) is 13.5. The van der Waals surface area contributed by atoms with Gasteiger partial charge in [0.1, 0.15) is 5.52 Å². The van der Waals surface area contributed by atoms with Gasteiger partial charge in [-0.3, -0.25) is 0 Å². The maximum absolute atomic E-state index is 5.66. The number of fused-ring (bicyclic) bond motifs is 4. The Morgan fingerprint density at radius 1 is 1.17 bits per heavy atom. The summed E-state index contributed by atoms with van der Waals surface area (Å²) in [4.78, 5) is 7.94. The molecule has 5 rings (SSSR count). The molecule has 1 aliphatic heterocycles. The van der Waals surface area contributed by atoms with Crippen LogP contribution >= 0.6 is 0 Å². The van der Waals surface area contributed by atoms with E-state index in [0.717, 1.165) is 24.1 Å². The van der Waals surface area contributed by atoms with Crippen LogP contribution in [0.5, 0.6) is 0 Å². The van der Waals surface area contributed by atoms with Gasteiger partial charge >= 0.3 is 0 Å². The average molecular weight is 317 g/mol. The lowest BCUT2D eigenvalue weighted by atomic mass is 9.86. The highest BCUT2D eigenvalue weighted by atomic mass is 16.3. The maximum Gasteiger partial charge on any atom is 0.181 e. The van der Waals surface area contributed by atoms with Crippen LogP contribution in [0.1, 0.15) is 35.7 Å². The van der Waals surface area contributed by atoms with Crippen LogP contribution in [0, 0.1) is 0 Å². The lowest BCUT2D eigenvalue weighted by Crippen LogP contribution is -2.33. The molecule has 0 bridgehead atoms. The predicted octanol–water partition coefficient (Wildman–Crippen LogP) is 4.30. The summed E-state index contributed by atoms with van der Waals surface area (Å²) in [7, 11) is 0. The first-order valence-corrected chi connectivity index (χ1v) is 8.48. The van der Waals surface area contributed by atoms with Gasteiger partial charge in [0, 0.05) is 28.1 Å². The van der Waals surface area contributed by atoms with Crippen molar-refractivity contribution >= 4 is 22.0 Å². The van der Waals surface area contributed by atoms with Gasteiger partial charge in [0.2, 0.25) is 0 Å². The van der Waals surface area contributed by atoms with Crippen molar-refractivity contribution in [1.29, 1.82) is 0 Å². The molecule has 2 N–H and O–H groups in total. The van der Waals surface area contributed by atoms with Gasteiger partial charge in [0.25, 0.3) is 0 Å². The van der Waals surface area contributed by atoms with Crippen molar-refractivity contribution in [2.24, 2.45) is 0 Å². The van der Waals surface area contributed by atoms with Crippen LogP contribution in [0.4, 0.5) is 0 Å². The molecule has 2 aromatic carbocycles. The van der Waals surface area contributed by atoms with E-state index >= 15 is 0 Å². The highest BCUT2D eigenvalue weighted by Crippen LogP contribution is 2.39. The van der Waals surface area contributed by atoms with Gasteiger partial charge in [-0.1, -0.05) is 37.3 Å². The molecule has 0 amide bonds. The second-order valence-electron chi connectivity index (χ2n) is 6.58. The first-order chi connectivity index (χ1) is 11.8. The van der Waals surface area contributed by atoms with Gasteiger partial charge in [-0.2, -0.15) is 0 Å². The third kappa shape index (κ3) is 1.93. The van der Waals surface area contributed by atoms with Crippen molar-refractivity contribution in [3.05, 3.63) is 65.7 Å². The quantitative estimate of drug-likeness (QED) is 0.579. The van der Waals surface area contributed by atoms with Crippen LogP contribution in [0.15, 0.2) is 53.3 Å². The molecular formula is C20H19N3O. The van der Waals surface area contributed by atoms with Gasteiger partial charge < -0.3 is 14.7 Å². The molecule has 4 heteroatoms. The van der Waals surface area contributed by atoms with E-state index in [1.165, 1.54) is 34.1 Å². The maximum atomic E-state index is 5.66. The predicted molar refractivity (Wildman–Crippen MR) is 95.2 cm³/mol. The number of aromatic amines is 1. The molecule has 0 aliphatic carbocycles. The molecule has 2 atom stereocenters. The summed E-state index contributed by atoms with van der Waals surface area (Å²) in [6.45, 7) is 3.26. The number of H-pyrrole nitrogens is 1. The Morgan fingerprint density at radius 3 is 3.04 bits per heavy atom. The van der Waals surface area contributed by atoms with Gasteiger partial charge in [-0.25, -0.2) is 4.98 Å². The second-order valence-corrected chi connectivity index (χ2v) is 6.58. The topological polar surface area (TPSA) is 53.9 Å². The number of para-hydroxylation sites is 2. The molecule has 3 heterocycles. The fourth-order valence-corrected chi connectivity index (χ4v) is 4.08. The van der Waals surface area contributed by atoms with Crippen LogP contribution in [0.2, 0.25) is 0 Å². The smallest absolute Gasteiger partial charge is 0.181 e. The molecular weight excluding hydrogens is 298 g/mol. The molecule has 0 spiro atoms. The highest BCUT2D eigenvalue weighted by molar-refractivity contribution is 5.85. The third-order valence-electron chi connectivity index (χ3n) is 5.27. The number of nitrogens with zero attached hydrogens (tertiary/aromatic N) is 1. The average Bonchev–Trinajstić information content (AvgIpc) is 3.24. The van der Waals surface area contributed by atoms with Gasteiger partial charge in [0.05, 0.1) is 6.04 Å². The van der Waals surface area contributed by atoms with E-state index in [9.17, 15) is 0 Å². The first-order valence-electron chi connectivity index (χ1n) is 8.48. The largest absolute Gasteiger partial charge is 0.443 e. The van der Waals surface area contributed by atoms with Crippen molar-refractivity contribution in [3.63, 3.8) is 0 Å². The van der Waals surface area contributed by atoms with E-state index in [2.05, 4.69) is 58.6 Å². The normalized spacial score (nSPS) is 18.8. The summed E-state index contributed by atoms with van der Waals surface area (Å²) in [5, 5.41) is 5.05. The van der Waals surface area contributed by atoms with Gasteiger partial charge in [-0.05, 0) is 30.7 Å². The number of hydrogen-bond donors (Lipinski definition) is 2. The molecule has 4 aromatic rings. The zero-order valence-corrected chi connectivity index (χ0v) is 13.5. The number of rotatable bonds is 2. The minimum Gasteiger partial charge on any atom is -0.443 e. The van der Waals surface area contributed by atoms with Crippen molar-refractivity contribution in [2.75, 3.05) is 6.54 Å². The standard InChI is InChI=1S/C20H19N3O/c1-12(13-6-4-8-17-20(13)24-11-22-17)18-19-15(9-10-21-18)14-5-2-3-7-16(14)23-19/h2-8,11-12,18,21,23H,9-10H2,1H3. The molecule has 2 aromatic heterocycles. The van der Waals surface area contributed by atoms with E-state index in [1.54, 1.807) is 0 Å². The number of nitrogens with one attached hydrogen (secondary N) is 2. The van der Waals surface area contributed by atoms with E-state index < -0.39 is 0 Å². The van der Waals surface area contributed by atoms with Crippen LogP contribution in [0.3, 0.4) is 0 Å². The van der Waals surface area contributed by atoms with Gasteiger partial charge in [0.15, 0.2) is 12.0 Å². The lowest BCUT2D eigenvalue weighted by molar-refractivity contribution is 0.436. The molecule has 2 unspecified atom stereocenters. The number of benzene rings is 2. The summed E-state index contributed by atoms with van der Waals surface area (Å²) < 4.78 is 5.66. The Bertz CT molecular complexity index is 1030. The van der Waals surface area contributed by atoms with Crippen molar-refractivity contribution in [1.82, 2.24) is 15.3 Å². The van der Waals surface area contributed by atoms with E-state index in [1.807, 2.05) is 6.07 Å². The summed E-state index contributed by atoms with van der Waals surface area (Å²) in [6, 6.07) is 15.0. The molecule has 0 fully saturated rings. The van der Waals surface area contributed by atoms with Crippen LogP contribution in [-0.4, -0.2) is 16.5 Å². The van der Waals surface area contributed by atoms with Crippen molar-refractivity contribution in [3.8, 4) is 0 Å². The summed E-state index contributed by atoms with van der Waals surface area (Å²) in [6.07, 6.45) is 2.60. The van der Waals surface area contributed by atoms with Crippen LogP contribution in [0.25, 0.3) is 22.0 Å². The Hall–Kier alpha value is -2.59. The minimum absolute atomic E-state index is 0.247. The molecule has 0 saturated carbocycles. The monoisotopic (exact) mass is 317 g/mol. The molecule has 0 saturated heterocycles. The first kappa shape index (κ1) is 13.8. The summed E-state index contributed by atoms with van der Waals surface area (Å²) in [5.41, 5.74) is 7.01. The highest BCUT2D eigenvalue weighted by Gasteiger charge is 2.30. The van der Waals surface area contributed by atoms with E-state index in [4.69, 9.17) is 4.42 Å². The summed E-state index contributed by atoms with van der Waals surface area (Å²) in [5.74, 6) is 0.286. The Balaban J connectivity index is 1.64. The minimum atomic E-state index is 0.247. The molecule has 0 radical (unpaired) electrons. The fraction of sp³-hybridized carbons (Fsp3) is 0.250. The molecule has 4 nitrogen and oxygen atoms in total. The van der Waals surface area contributed by atoms with Crippen molar-refractivity contribution in [2.45, 2.75) is 25.3 Å². The van der Waals surface area contributed by atoms with Crippen LogP contribution in [-0.2, 0) is 6.42 Å². The number of oxazole rings is 1. The van der Waals surface area contributed by atoms with E-state index in [-0.39, 0.29) is 12.0 Å². The Kier molecular flexibility index (Phi) is 3.00. The van der Waals surface area contributed by atoms with Crippen molar-refractivity contribution < 1.29 is 4.42 Å². The third-order valence-corrected chi connectivity index (χ3v) is 5.27.